The maximum Gasteiger partial charge on any atom is 0.251 e. The van der Waals surface area contributed by atoms with Crippen molar-refractivity contribution in [3.05, 3.63) is 30.0 Å². The van der Waals surface area contributed by atoms with Crippen molar-refractivity contribution in [3.63, 3.8) is 0 Å². The maximum atomic E-state index is 12.8. The number of benzene rings is 1. The van der Waals surface area contributed by atoms with Crippen molar-refractivity contribution in [1.82, 2.24) is 20.2 Å². The van der Waals surface area contributed by atoms with Crippen molar-refractivity contribution in [1.29, 1.82) is 0 Å². The number of nitrogens with zero attached hydrogens (tertiary/aromatic N) is 4. The van der Waals surface area contributed by atoms with Crippen molar-refractivity contribution in [2.45, 2.75) is 58.0 Å². The van der Waals surface area contributed by atoms with Gasteiger partial charge in [-0.3, -0.25) is 9.59 Å². The van der Waals surface area contributed by atoms with E-state index in [0.29, 0.717) is 47.4 Å². The number of fused-ring (bicyclic) bond motifs is 1. The smallest absolute Gasteiger partial charge is 0.251 e. The van der Waals surface area contributed by atoms with Crippen LogP contribution in [0.4, 0.5) is 23.1 Å². The average Bonchev–Trinajstić information content (AvgIpc) is 3.04. The van der Waals surface area contributed by atoms with Crippen molar-refractivity contribution in [2.24, 2.45) is 0 Å². The number of hydrogen-bond acceptors (Lipinski definition) is 8. The fraction of sp³-hybridized carbons (Fsp3) is 0.538. The van der Waals surface area contributed by atoms with E-state index in [9.17, 15) is 9.59 Å². The van der Waals surface area contributed by atoms with E-state index in [1.807, 2.05) is 0 Å². The molecule has 2 aliphatic rings. The molecule has 0 aliphatic carbocycles. The topological polar surface area (TPSA) is 112 Å². The molecule has 0 saturated carbocycles. The van der Waals surface area contributed by atoms with Crippen LogP contribution < -0.4 is 25.6 Å². The summed E-state index contributed by atoms with van der Waals surface area (Å²) in [7, 11) is 3.67. The van der Waals surface area contributed by atoms with Gasteiger partial charge >= 0.3 is 0 Å². The van der Waals surface area contributed by atoms with Crippen LogP contribution in [-0.2, 0) is 4.79 Å². The van der Waals surface area contributed by atoms with Gasteiger partial charge in [0.15, 0.2) is 5.82 Å². The molecule has 2 amide bonds. The van der Waals surface area contributed by atoms with Crippen LogP contribution >= 0.6 is 0 Å². The summed E-state index contributed by atoms with van der Waals surface area (Å²) in [6.45, 7) is 6.85. The quantitative estimate of drug-likeness (QED) is 0.511. The van der Waals surface area contributed by atoms with Crippen LogP contribution in [0, 0.1) is 0 Å². The number of anilines is 4. The molecule has 36 heavy (non-hydrogen) atoms. The molecular formula is C26H37N7O3. The van der Waals surface area contributed by atoms with E-state index in [1.165, 1.54) is 0 Å². The van der Waals surface area contributed by atoms with E-state index in [4.69, 9.17) is 9.72 Å². The highest BCUT2D eigenvalue weighted by Gasteiger charge is 2.26. The number of likely N-dealkylation sites (tertiary alicyclic amines) is 1. The molecule has 10 heteroatoms. The first-order valence-corrected chi connectivity index (χ1v) is 12.8. The molecule has 10 nitrogen and oxygen atoms in total. The fourth-order valence-electron chi connectivity index (χ4n) is 4.84. The van der Waals surface area contributed by atoms with Crippen LogP contribution in [0.25, 0.3) is 0 Å². The van der Waals surface area contributed by atoms with E-state index >= 15 is 0 Å². The number of aromatic nitrogens is 2. The highest BCUT2D eigenvalue weighted by atomic mass is 16.5. The highest BCUT2D eigenvalue weighted by Crippen LogP contribution is 2.33. The largest absolute Gasteiger partial charge is 0.495 e. The minimum absolute atomic E-state index is 0.0372. The van der Waals surface area contributed by atoms with Gasteiger partial charge in [0, 0.05) is 30.6 Å². The Morgan fingerprint density at radius 2 is 1.97 bits per heavy atom. The third kappa shape index (κ3) is 5.87. The minimum atomic E-state index is -0.104. The third-order valence-corrected chi connectivity index (χ3v) is 7.04. The lowest BCUT2D eigenvalue weighted by Crippen LogP contribution is -2.43. The molecule has 3 heterocycles. The van der Waals surface area contributed by atoms with Gasteiger partial charge in [-0.1, -0.05) is 13.8 Å². The van der Waals surface area contributed by atoms with Gasteiger partial charge in [0.2, 0.25) is 11.9 Å². The van der Waals surface area contributed by atoms with Gasteiger partial charge in [-0.2, -0.15) is 4.98 Å². The van der Waals surface area contributed by atoms with E-state index in [-0.39, 0.29) is 23.9 Å². The molecule has 1 saturated heterocycles. The number of rotatable bonds is 8. The second-order valence-electron chi connectivity index (χ2n) is 9.48. The summed E-state index contributed by atoms with van der Waals surface area (Å²) in [6, 6.07) is 5.76. The Labute approximate surface area is 212 Å². The summed E-state index contributed by atoms with van der Waals surface area (Å²) >= 11 is 0. The molecule has 3 N–H and O–H groups in total. The number of piperidine rings is 1. The Balaban J connectivity index is 1.53. The SMILES string of the molecule is CCC(CC)N1CCC(=O)Nc2cnc(Nc3ccc(C(=O)NC4CCN(C)CC4)cc3OC)nc21. The molecule has 1 aromatic carbocycles. The van der Waals surface area contributed by atoms with Gasteiger partial charge in [0.05, 0.1) is 19.0 Å². The molecule has 0 radical (unpaired) electrons. The predicted molar refractivity (Wildman–Crippen MR) is 141 cm³/mol. The Hall–Kier alpha value is -3.40. The molecule has 0 spiro atoms. The molecule has 0 bridgehead atoms. The monoisotopic (exact) mass is 495 g/mol. The summed E-state index contributed by atoms with van der Waals surface area (Å²) in [5, 5.41) is 9.29. The lowest BCUT2D eigenvalue weighted by Gasteiger charge is -2.31. The summed E-state index contributed by atoms with van der Waals surface area (Å²) in [4.78, 5) is 38.7. The standard InChI is InChI=1S/C26H37N7O3/c1-5-19(6-2)33-14-11-23(34)29-21-16-27-26(31-24(21)33)30-20-8-7-17(15-22(20)36-4)25(35)28-18-9-12-32(3)13-10-18/h7-8,15-16,18-19H,5-6,9-14H2,1-4H3,(H,28,35)(H,29,34)(H,27,30,31). The molecule has 2 aromatic rings. The van der Waals surface area contributed by atoms with E-state index in [1.54, 1.807) is 31.5 Å². The van der Waals surface area contributed by atoms with Gasteiger partial charge in [-0.25, -0.2) is 4.98 Å². The number of nitrogens with one attached hydrogen (secondary N) is 3. The first kappa shape index (κ1) is 25.7. The van der Waals surface area contributed by atoms with Crippen molar-refractivity contribution >= 4 is 35.0 Å². The summed E-state index contributed by atoms with van der Waals surface area (Å²) in [5.74, 6) is 1.48. The second kappa shape index (κ2) is 11.6. The van der Waals surface area contributed by atoms with Gasteiger partial charge in [0.25, 0.3) is 5.91 Å². The zero-order valence-corrected chi connectivity index (χ0v) is 21.6. The van der Waals surface area contributed by atoms with Crippen LogP contribution in [-0.4, -0.2) is 72.6 Å². The second-order valence-corrected chi connectivity index (χ2v) is 9.48. The zero-order valence-electron chi connectivity index (χ0n) is 21.6. The van der Waals surface area contributed by atoms with E-state index < -0.39 is 0 Å². The lowest BCUT2D eigenvalue weighted by atomic mass is 10.0. The number of methoxy groups -OCH3 is 1. The van der Waals surface area contributed by atoms with Gasteiger partial charge < -0.3 is 30.5 Å². The first-order chi connectivity index (χ1) is 17.4. The third-order valence-electron chi connectivity index (χ3n) is 7.04. The Morgan fingerprint density at radius 1 is 1.22 bits per heavy atom. The average molecular weight is 496 g/mol. The summed E-state index contributed by atoms with van der Waals surface area (Å²) in [6.07, 6.45) is 5.84. The lowest BCUT2D eigenvalue weighted by molar-refractivity contribution is -0.116. The van der Waals surface area contributed by atoms with Crippen molar-refractivity contribution in [2.75, 3.05) is 49.3 Å². The highest BCUT2D eigenvalue weighted by molar-refractivity contribution is 5.96. The molecular weight excluding hydrogens is 458 g/mol. The normalized spacial score (nSPS) is 16.8. The van der Waals surface area contributed by atoms with Crippen LogP contribution in [0.1, 0.15) is 56.3 Å². The summed E-state index contributed by atoms with van der Waals surface area (Å²) in [5.41, 5.74) is 1.81. The van der Waals surface area contributed by atoms with Crippen molar-refractivity contribution in [3.8, 4) is 5.75 Å². The molecule has 1 fully saturated rings. The summed E-state index contributed by atoms with van der Waals surface area (Å²) < 4.78 is 5.58. The first-order valence-electron chi connectivity index (χ1n) is 12.8. The van der Waals surface area contributed by atoms with E-state index in [2.05, 4.69) is 51.6 Å². The molecule has 2 aliphatic heterocycles. The molecule has 1 aromatic heterocycles. The molecule has 194 valence electrons. The maximum absolute atomic E-state index is 12.8. The Kier molecular flexibility index (Phi) is 8.25. The molecule has 0 unspecified atom stereocenters. The Morgan fingerprint density at radius 3 is 2.67 bits per heavy atom. The number of hydrogen-bond donors (Lipinski definition) is 3. The van der Waals surface area contributed by atoms with Crippen LogP contribution in [0.2, 0.25) is 0 Å². The van der Waals surface area contributed by atoms with Gasteiger partial charge in [0.1, 0.15) is 11.4 Å². The van der Waals surface area contributed by atoms with E-state index in [0.717, 1.165) is 38.8 Å². The molecule has 0 atom stereocenters. The number of carbonyl (C=O) groups is 2. The van der Waals surface area contributed by atoms with Crippen LogP contribution in [0.15, 0.2) is 24.4 Å². The minimum Gasteiger partial charge on any atom is -0.495 e. The zero-order chi connectivity index (χ0) is 25.7. The fourth-order valence-corrected chi connectivity index (χ4v) is 4.84. The van der Waals surface area contributed by atoms with Crippen LogP contribution in [0.5, 0.6) is 5.75 Å². The molecule has 4 rings (SSSR count). The number of ether oxygens (including phenoxy) is 1. The number of carbonyl (C=O) groups excluding carboxylic acids is 2. The van der Waals surface area contributed by atoms with Gasteiger partial charge in [-0.05, 0) is 64.0 Å². The Bertz CT molecular complexity index is 1080. The van der Waals surface area contributed by atoms with Gasteiger partial charge in [-0.15, -0.1) is 0 Å². The van der Waals surface area contributed by atoms with Crippen LogP contribution in [0.3, 0.4) is 0 Å². The van der Waals surface area contributed by atoms with Crippen molar-refractivity contribution < 1.29 is 14.3 Å². The number of amides is 2. The predicted octanol–water partition coefficient (Wildman–Crippen LogP) is 3.39.